The molecular formula is C19H29F3N4O2. The smallest absolute Gasteiger partial charge is 0.422 e. The maximum atomic E-state index is 12.2. The summed E-state index contributed by atoms with van der Waals surface area (Å²) in [5, 5.41) is 6.52. The molecule has 1 aliphatic rings. The fourth-order valence-electron chi connectivity index (χ4n) is 3.03. The first-order chi connectivity index (χ1) is 13.3. The first kappa shape index (κ1) is 22.3. The van der Waals surface area contributed by atoms with E-state index in [-0.39, 0.29) is 5.75 Å². The normalized spacial score (nSPS) is 19.9. The number of hydrogen-bond acceptors (Lipinski definition) is 4. The summed E-state index contributed by atoms with van der Waals surface area (Å²) in [7, 11) is 1.70. The highest BCUT2D eigenvalue weighted by Crippen LogP contribution is 2.18. The van der Waals surface area contributed by atoms with Crippen molar-refractivity contribution >= 4 is 5.96 Å². The Morgan fingerprint density at radius 2 is 2.04 bits per heavy atom. The third kappa shape index (κ3) is 7.55. The van der Waals surface area contributed by atoms with Gasteiger partial charge in [0, 0.05) is 38.8 Å². The second kappa shape index (κ2) is 10.5. The third-order valence-corrected chi connectivity index (χ3v) is 4.56. The molecule has 0 bridgehead atoms. The number of benzene rings is 1. The minimum Gasteiger partial charge on any atom is -0.484 e. The van der Waals surface area contributed by atoms with E-state index < -0.39 is 12.8 Å². The largest absolute Gasteiger partial charge is 0.484 e. The third-order valence-electron chi connectivity index (χ3n) is 4.56. The lowest BCUT2D eigenvalue weighted by Crippen LogP contribution is -2.52. The summed E-state index contributed by atoms with van der Waals surface area (Å²) in [6.07, 6.45) is -4.34. The zero-order valence-electron chi connectivity index (χ0n) is 16.6. The highest BCUT2D eigenvalue weighted by atomic mass is 19.4. The van der Waals surface area contributed by atoms with Gasteiger partial charge in [0.25, 0.3) is 0 Å². The van der Waals surface area contributed by atoms with E-state index in [0.717, 1.165) is 31.9 Å². The summed E-state index contributed by atoms with van der Waals surface area (Å²) in [4.78, 5) is 6.62. The van der Waals surface area contributed by atoms with Gasteiger partial charge in [-0.1, -0.05) is 12.1 Å². The lowest BCUT2D eigenvalue weighted by molar-refractivity contribution is -0.153. The summed E-state index contributed by atoms with van der Waals surface area (Å²) < 4.78 is 46.7. The molecule has 2 N–H and O–H groups in total. The first-order valence-corrected chi connectivity index (χ1v) is 9.35. The van der Waals surface area contributed by atoms with Crippen LogP contribution in [-0.2, 0) is 11.3 Å². The van der Waals surface area contributed by atoms with Gasteiger partial charge in [-0.25, -0.2) is 0 Å². The van der Waals surface area contributed by atoms with Crippen LogP contribution in [-0.4, -0.2) is 69.1 Å². The van der Waals surface area contributed by atoms with Crippen molar-refractivity contribution in [2.45, 2.75) is 38.7 Å². The van der Waals surface area contributed by atoms with Gasteiger partial charge in [-0.15, -0.1) is 0 Å². The molecule has 0 amide bonds. The van der Waals surface area contributed by atoms with Gasteiger partial charge in [0.1, 0.15) is 5.75 Å². The molecule has 1 saturated heterocycles. The van der Waals surface area contributed by atoms with E-state index in [1.165, 1.54) is 12.1 Å². The Balaban J connectivity index is 1.75. The Morgan fingerprint density at radius 3 is 2.64 bits per heavy atom. The maximum Gasteiger partial charge on any atom is 0.422 e. The van der Waals surface area contributed by atoms with Crippen LogP contribution in [0.1, 0.15) is 19.4 Å². The summed E-state index contributed by atoms with van der Waals surface area (Å²) in [5.74, 6) is 0.863. The summed E-state index contributed by atoms with van der Waals surface area (Å²) in [5.41, 5.74) is 0.914. The zero-order valence-corrected chi connectivity index (χ0v) is 16.6. The maximum absolute atomic E-state index is 12.2. The topological polar surface area (TPSA) is 58.1 Å². The van der Waals surface area contributed by atoms with Gasteiger partial charge in [0.05, 0.1) is 13.2 Å². The molecule has 1 fully saturated rings. The van der Waals surface area contributed by atoms with Crippen molar-refractivity contribution in [3.05, 3.63) is 29.8 Å². The van der Waals surface area contributed by atoms with Crippen molar-refractivity contribution in [3.8, 4) is 5.75 Å². The number of nitrogens with one attached hydrogen (secondary N) is 2. The molecule has 1 aliphatic heterocycles. The van der Waals surface area contributed by atoms with Gasteiger partial charge in [-0.05, 0) is 31.5 Å². The van der Waals surface area contributed by atoms with Crippen molar-refractivity contribution in [1.29, 1.82) is 0 Å². The molecule has 0 radical (unpaired) electrons. The number of ether oxygens (including phenoxy) is 2. The minimum absolute atomic E-state index is 0.192. The van der Waals surface area contributed by atoms with E-state index in [2.05, 4.69) is 34.4 Å². The van der Waals surface area contributed by atoms with Crippen molar-refractivity contribution in [2.75, 3.05) is 40.0 Å². The molecule has 0 saturated carbocycles. The van der Waals surface area contributed by atoms with Crippen LogP contribution in [0.2, 0.25) is 0 Å². The number of alkyl halides is 3. The molecule has 2 rings (SSSR count). The fraction of sp³-hybridized carbons (Fsp3) is 0.632. The molecule has 1 aromatic rings. The van der Waals surface area contributed by atoms with Gasteiger partial charge >= 0.3 is 6.18 Å². The Morgan fingerprint density at radius 1 is 1.32 bits per heavy atom. The predicted octanol–water partition coefficient (Wildman–Crippen LogP) is 2.40. The van der Waals surface area contributed by atoms with Crippen molar-refractivity contribution in [3.63, 3.8) is 0 Å². The lowest BCUT2D eigenvalue weighted by atomic mass is 10.2. The molecule has 1 heterocycles. The predicted molar refractivity (Wildman–Crippen MR) is 103 cm³/mol. The average Bonchev–Trinajstić information content (AvgIpc) is 2.67. The summed E-state index contributed by atoms with van der Waals surface area (Å²) >= 11 is 0. The van der Waals surface area contributed by atoms with Gasteiger partial charge in [0.15, 0.2) is 12.6 Å². The van der Waals surface area contributed by atoms with Crippen LogP contribution in [0.3, 0.4) is 0 Å². The molecule has 0 spiro atoms. The molecule has 6 nitrogen and oxygen atoms in total. The van der Waals surface area contributed by atoms with Crippen molar-refractivity contribution in [1.82, 2.24) is 15.5 Å². The number of halogens is 3. The standard InChI is InChI=1S/C19H29F3N4O2/c1-14(26-8-9-27-12-15(26)2)10-24-18(23-3)25-11-16-4-6-17(7-5-16)28-13-19(20,21)22/h4-7,14-15H,8-13H2,1-3H3,(H2,23,24,25). The monoisotopic (exact) mass is 402 g/mol. The van der Waals surface area contributed by atoms with E-state index in [4.69, 9.17) is 9.47 Å². The Bertz CT molecular complexity index is 623. The molecule has 2 unspecified atom stereocenters. The highest BCUT2D eigenvalue weighted by Gasteiger charge is 2.28. The van der Waals surface area contributed by atoms with E-state index in [0.29, 0.717) is 24.6 Å². The fourth-order valence-corrected chi connectivity index (χ4v) is 3.03. The van der Waals surface area contributed by atoms with E-state index in [9.17, 15) is 13.2 Å². The lowest BCUT2D eigenvalue weighted by Gasteiger charge is -2.38. The van der Waals surface area contributed by atoms with Crippen LogP contribution in [0.5, 0.6) is 5.75 Å². The highest BCUT2D eigenvalue weighted by molar-refractivity contribution is 5.79. The van der Waals surface area contributed by atoms with Crippen LogP contribution >= 0.6 is 0 Å². The SMILES string of the molecule is CN=C(NCc1ccc(OCC(F)(F)F)cc1)NCC(C)N1CCOCC1C. The average molecular weight is 402 g/mol. The van der Waals surface area contributed by atoms with Crippen LogP contribution in [0, 0.1) is 0 Å². The quantitative estimate of drug-likeness (QED) is 0.542. The summed E-state index contributed by atoms with van der Waals surface area (Å²) in [6, 6.07) is 7.23. The molecular weight excluding hydrogens is 373 g/mol. The van der Waals surface area contributed by atoms with Gasteiger partial charge in [-0.2, -0.15) is 13.2 Å². The molecule has 28 heavy (non-hydrogen) atoms. The molecule has 0 aliphatic carbocycles. The summed E-state index contributed by atoms with van der Waals surface area (Å²) in [6.45, 7) is 6.70. The van der Waals surface area contributed by atoms with Gasteiger partial charge in [-0.3, -0.25) is 9.89 Å². The van der Waals surface area contributed by atoms with E-state index in [1.54, 1.807) is 19.2 Å². The van der Waals surface area contributed by atoms with E-state index >= 15 is 0 Å². The Labute approximate surface area is 164 Å². The Hall–Kier alpha value is -2.00. The number of morpholine rings is 1. The van der Waals surface area contributed by atoms with Crippen LogP contribution in [0.25, 0.3) is 0 Å². The van der Waals surface area contributed by atoms with Crippen molar-refractivity contribution in [2.24, 2.45) is 4.99 Å². The number of aliphatic imine (C=N–C) groups is 1. The van der Waals surface area contributed by atoms with Crippen molar-refractivity contribution < 1.29 is 22.6 Å². The first-order valence-electron chi connectivity index (χ1n) is 9.35. The molecule has 2 atom stereocenters. The van der Waals surface area contributed by atoms with Gasteiger partial charge in [0.2, 0.25) is 0 Å². The van der Waals surface area contributed by atoms with Crippen LogP contribution < -0.4 is 15.4 Å². The zero-order chi connectivity index (χ0) is 20.6. The molecule has 9 heteroatoms. The second-order valence-corrected chi connectivity index (χ2v) is 6.87. The number of guanidine groups is 1. The molecule has 1 aromatic carbocycles. The molecule has 0 aromatic heterocycles. The minimum atomic E-state index is -4.34. The number of nitrogens with zero attached hydrogens (tertiary/aromatic N) is 2. The number of hydrogen-bond donors (Lipinski definition) is 2. The second-order valence-electron chi connectivity index (χ2n) is 6.87. The van der Waals surface area contributed by atoms with Crippen LogP contribution in [0.15, 0.2) is 29.3 Å². The number of rotatable bonds is 7. The molecule has 158 valence electrons. The van der Waals surface area contributed by atoms with E-state index in [1.807, 2.05) is 0 Å². The van der Waals surface area contributed by atoms with Gasteiger partial charge < -0.3 is 20.1 Å². The Kier molecular flexibility index (Phi) is 8.37. The van der Waals surface area contributed by atoms with Crippen LogP contribution in [0.4, 0.5) is 13.2 Å².